The van der Waals surface area contributed by atoms with Gasteiger partial charge < -0.3 is 14.4 Å². The first-order chi connectivity index (χ1) is 9.39. The lowest BCUT2D eigenvalue weighted by molar-refractivity contribution is -0.274. The van der Waals surface area contributed by atoms with Crippen LogP contribution in [0.25, 0.3) is 10.2 Å². The molecule has 0 saturated heterocycles. The van der Waals surface area contributed by atoms with E-state index in [0.717, 1.165) is 22.4 Å². The molecule has 108 valence electrons. The van der Waals surface area contributed by atoms with Crippen molar-refractivity contribution in [2.45, 2.75) is 25.2 Å². The summed E-state index contributed by atoms with van der Waals surface area (Å²) in [7, 11) is 0. The quantitative estimate of drug-likeness (QED) is 0.896. The van der Waals surface area contributed by atoms with E-state index in [0.29, 0.717) is 17.5 Å². The van der Waals surface area contributed by atoms with Crippen molar-refractivity contribution >= 4 is 21.6 Å². The number of halogens is 3. The lowest BCUT2D eigenvalue weighted by atomic mass is 9.99. The Balaban J connectivity index is 2.18. The largest absolute Gasteiger partial charge is 0.573 e. The molecule has 4 nitrogen and oxygen atoms in total. The fraction of sp³-hybridized carbons (Fsp3) is 0.417. The van der Waals surface area contributed by atoms with Gasteiger partial charge in [-0.05, 0) is 30.5 Å². The van der Waals surface area contributed by atoms with E-state index in [4.69, 9.17) is 5.41 Å². The van der Waals surface area contributed by atoms with Gasteiger partial charge in [0, 0.05) is 0 Å². The summed E-state index contributed by atoms with van der Waals surface area (Å²) in [6.45, 7) is -0.0807. The van der Waals surface area contributed by atoms with E-state index in [1.807, 2.05) is 0 Å². The number of aliphatic hydroxyl groups excluding tert-OH is 1. The number of thiazole rings is 1. The number of hydrogen-bond donors (Lipinski definition) is 2. The molecule has 2 N–H and O–H groups in total. The molecule has 0 amide bonds. The topological polar surface area (TPSA) is 58.2 Å². The molecule has 0 spiro atoms. The number of benzene rings is 1. The van der Waals surface area contributed by atoms with Crippen LogP contribution in [-0.4, -0.2) is 22.6 Å². The normalized spacial score (nSPS) is 18.5. The maximum absolute atomic E-state index is 12.3. The second kappa shape index (κ2) is 4.49. The molecule has 1 aromatic carbocycles. The summed E-state index contributed by atoms with van der Waals surface area (Å²) >= 11 is 1.09. The predicted octanol–water partition coefficient (Wildman–Crippen LogP) is 2.56. The van der Waals surface area contributed by atoms with Crippen molar-refractivity contribution in [2.24, 2.45) is 0 Å². The van der Waals surface area contributed by atoms with Gasteiger partial charge >= 0.3 is 6.36 Å². The smallest absolute Gasteiger partial charge is 0.406 e. The molecule has 2 heterocycles. The SMILES string of the molecule is N=c1sc2cc(OC(F)(F)F)cc3c2n1C(CO)CC3. The molecular formula is C12H11F3N2O2S. The second-order valence-electron chi connectivity index (χ2n) is 4.63. The van der Waals surface area contributed by atoms with E-state index in [1.54, 1.807) is 4.57 Å². The first-order valence-corrected chi connectivity index (χ1v) is 6.80. The Labute approximate surface area is 115 Å². The zero-order chi connectivity index (χ0) is 14.5. The monoisotopic (exact) mass is 304 g/mol. The highest BCUT2D eigenvalue weighted by atomic mass is 32.1. The fourth-order valence-corrected chi connectivity index (χ4v) is 3.65. The Bertz CT molecular complexity index is 720. The van der Waals surface area contributed by atoms with Crippen LogP contribution >= 0.6 is 11.3 Å². The average molecular weight is 304 g/mol. The van der Waals surface area contributed by atoms with Crippen molar-refractivity contribution in [3.05, 3.63) is 22.5 Å². The molecule has 1 aliphatic heterocycles. The lowest BCUT2D eigenvalue weighted by Gasteiger charge is -2.24. The van der Waals surface area contributed by atoms with Crippen LogP contribution in [0.1, 0.15) is 18.0 Å². The molecule has 2 aromatic rings. The molecule has 8 heteroatoms. The van der Waals surface area contributed by atoms with E-state index in [1.165, 1.54) is 12.1 Å². The van der Waals surface area contributed by atoms with Crippen LogP contribution in [0.4, 0.5) is 13.2 Å². The summed E-state index contributed by atoms with van der Waals surface area (Å²) in [5, 5.41) is 17.3. The zero-order valence-corrected chi connectivity index (χ0v) is 11.0. The average Bonchev–Trinajstić information content (AvgIpc) is 2.66. The second-order valence-corrected chi connectivity index (χ2v) is 5.66. The predicted molar refractivity (Wildman–Crippen MR) is 66.8 cm³/mol. The number of aromatic nitrogens is 1. The summed E-state index contributed by atoms with van der Waals surface area (Å²) in [6, 6.07) is 2.48. The third kappa shape index (κ3) is 2.18. The van der Waals surface area contributed by atoms with Crippen LogP contribution in [0.5, 0.6) is 5.75 Å². The molecule has 1 aromatic heterocycles. The summed E-state index contributed by atoms with van der Waals surface area (Å²) < 4.78 is 43.1. The molecule has 3 rings (SSSR count). The number of nitrogens with one attached hydrogen (secondary N) is 1. The Morgan fingerprint density at radius 1 is 1.45 bits per heavy atom. The number of aryl methyl sites for hydroxylation is 1. The Kier molecular flexibility index (Phi) is 3.02. The standard InChI is InChI=1S/C12H11F3N2O2S/c13-12(14,15)19-8-3-6-1-2-7(5-18)17-10(6)9(4-8)20-11(17)16/h3-4,7,16,18H,1-2,5H2. The fourth-order valence-electron chi connectivity index (χ4n) is 2.60. The van der Waals surface area contributed by atoms with Crippen molar-refractivity contribution in [1.82, 2.24) is 4.57 Å². The van der Waals surface area contributed by atoms with Crippen LogP contribution in [0.15, 0.2) is 12.1 Å². The van der Waals surface area contributed by atoms with Crippen LogP contribution in [0, 0.1) is 5.41 Å². The molecule has 20 heavy (non-hydrogen) atoms. The van der Waals surface area contributed by atoms with Crippen LogP contribution in [-0.2, 0) is 6.42 Å². The summed E-state index contributed by atoms with van der Waals surface area (Å²) in [5.41, 5.74) is 1.46. The summed E-state index contributed by atoms with van der Waals surface area (Å²) in [6.07, 6.45) is -3.56. The molecule has 0 fully saturated rings. The molecular weight excluding hydrogens is 293 g/mol. The van der Waals surface area contributed by atoms with E-state index in [2.05, 4.69) is 4.74 Å². The molecule has 1 atom stereocenters. The van der Waals surface area contributed by atoms with Crippen LogP contribution in [0.2, 0.25) is 0 Å². The molecule has 0 radical (unpaired) electrons. The van der Waals surface area contributed by atoms with E-state index in [-0.39, 0.29) is 23.2 Å². The van der Waals surface area contributed by atoms with Gasteiger partial charge in [0.15, 0.2) is 4.80 Å². The third-order valence-corrected chi connectivity index (χ3v) is 4.27. The first-order valence-electron chi connectivity index (χ1n) is 5.98. The molecule has 1 aliphatic rings. The highest BCUT2D eigenvalue weighted by Crippen LogP contribution is 2.36. The zero-order valence-electron chi connectivity index (χ0n) is 10.2. The minimum atomic E-state index is -4.72. The highest BCUT2D eigenvalue weighted by molar-refractivity contribution is 7.16. The van der Waals surface area contributed by atoms with Gasteiger partial charge in [-0.3, -0.25) is 5.41 Å². The van der Waals surface area contributed by atoms with Gasteiger partial charge in [0.25, 0.3) is 0 Å². The van der Waals surface area contributed by atoms with E-state index >= 15 is 0 Å². The minimum Gasteiger partial charge on any atom is -0.406 e. The van der Waals surface area contributed by atoms with Crippen molar-refractivity contribution in [3.8, 4) is 5.75 Å². The van der Waals surface area contributed by atoms with Crippen LogP contribution < -0.4 is 9.54 Å². The first kappa shape index (κ1) is 13.4. The van der Waals surface area contributed by atoms with Crippen molar-refractivity contribution < 1.29 is 23.0 Å². The molecule has 0 aliphatic carbocycles. The van der Waals surface area contributed by atoms with Gasteiger partial charge in [0.1, 0.15) is 5.75 Å². The van der Waals surface area contributed by atoms with Gasteiger partial charge in [0.05, 0.1) is 22.9 Å². The van der Waals surface area contributed by atoms with Crippen molar-refractivity contribution in [3.63, 3.8) is 0 Å². The molecule has 1 unspecified atom stereocenters. The van der Waals surface area contributed by atoms with Gasteiger partial charge in [0.2, 0.25) is 0 Å². The maximum Gasteiger partial charge on any atom is 0.573 e. The van der Waals surface area contributed by atoms with Gasteiger partial charge in [-0.15, -0.1) is 13.2 Å². The van der Waals surface area contributed by atoms with Gasteiger partial charge in [-0.2, -0.15) is 0 Å². The number of nitrogens with zero attached hydrogens (tertiary/aromatic N) is 1. The third-order valence-electron chi connectivity index (χ3n) is 3.35. The number of hydrogen-bond acceptors (Lipinski definition) is 4. The lowest BCUT2D eigenvalue weighted by Crippen LogP contribution is -2.26. The van der Waals surface area contributed by atoms with Crippen molar-refractivity contribution in [1.29, 1.82) is 5.41 Å². The Morgan fingerprint density at radius 2 is 2.20 bits per heavy atom. The Hall–Kier alpha value is -1.54. The maximum atomic E-state index is 12.3. The Morgan fingerprint density at radius 3 is 2.85 bits per heavy atom. The number of rotatable bonds is 2. The van der Waals surface area contributed by atoms with E-state index in [9.17, 15) is 18.3 Å². The molecule has 0 bridgehead atoms. The highest BCUT2D eigenvalue weighted by Gasteiger charge is 2.32. The summed E-state index contributed by atoms with van der Waals surface area (Å²) in [5.74, 6) is -0.254. The molecule has 0 saturated carbocycles. The van der Waals surface area contributed by atoms with Gasteiger partial charge in [-0.1, -0.05) is 11.3 Å². The van der Waals surface area contributed by atoms with Crippen molar-refractivity contribution in [2.75, 3.05) is 6.61 Å². The number of ether oxygens (including phenoxy) is 1. The van der Waals surface area contributed by atoms with Gasteiger partial charge in [-0.25, -0.2) is 0 Å². The minimum absolute atomic E-state index is 0.0807. The van der Waals surface area contributed by atoms with E-state index < -0.39 is 6.36 Å². The summed E-state index contributed by atoms with van der Waals surface area (Å²) in [4.78, 5) is 0.226. The number of aliphatic hydroxyl groups is 1. The number of alkyl halides is 3. The van der Waals surface area contributed by atoms with Crippen LogP contribution in [0.3, 0.4) is 0 Å².